The summed E-state index contributed by atoms with van der Waals surface area (Å²) in [6, 6.07) is 8.91. The SMILES string of the molecule is COc1ccc(-c2cccc(OC)c2O)cn1. The molecule has 0 fully saturated rings. The number of nitrogens with zero attached hydrogens (tertiary/aromatic N) is 1. The molecule has 0 bridgehead atoms. The topological polar surface area (TPSA) is 51.6 Å². The molecule has 0 unspecified atom stereocenters. The van der Waals surface area contributed by atoms with Crippen molar-refractivity contribution in [1.82, 2.24) is 4.98 Å². The number of hydrogen-bond acceptors (Lipinski definition) is 4. The van der Waals surface area contributed by atoms with Crippen LogP contribution in [0.4, 0.5) is 0 Å². The van der Waals surface area contributed by atoms with Gasteiger partial charge in [0.1, 0.15) is 0 Å². The Kier molecular flexibility index (Phi) is 3.14. The first-order valence-electron chi connectivity index (χ1n) is 5.12. The minimum absolute atomic E-state index is 0.113. The number of pyridine rings is 1. The summed E-state index contributed by atoms with van der Waals surface area (Å²) in [5, 5.41) is 9.98. The predicted molar refractivity (Wildman–Crippen MR) is 64.4 cm³/mol. The number of methoxy groups -OCH3 is 2. The molecule has 0 aliphatic heterocycles. The first-order valence-corrected chi connectivity index (χ1v) is 5.12. The van der Waals surface area contributed by atoms with Gasteiger partial charge in [0, 0.05) is 23.4 Å². The lowest BCUT2D eigenvalue weighted by molar-refractivity contribution is 0.374. The standard InChI is InChI=1S/C13H13NO3/c1-16-11-5-3-4-10(13(11)15)9-6-7-12(17-2)14-8-9/h3-8,15H,1-2H3. The second-order valence-corrected chi connectivity index (χ2v) is 3.45. The Balaban J connectivity index is 2.45. The van der Waals surface area contributed by atoms with Crippen LogP contribution in [0.15, 0.2) is 36.5 Å². The Morgan fingerprint density at radius 2 is 1.88 bits per heavy atom. The highest BCUT2D eigenvalue weighted by Crippen LogP contribution is 2.36. The summed E-state index contributed by atoms with van der Waals surface area (Å²) >= 11 is 0. The van der Waals surface area contributed by atoms with Gasteiger partial charge in [0.15, 0.2) is 11.5 Å². The van der Waals surface area contributed by atoms with E-state index in [1.807, 2.05) is 12.1 Å². The average molecular weight is 231 g/mol. The molecule has 1 aromatic carbocycles. The number of rotatable bonds is 3. The highest BCUT2D eigenvalue weighted by atomic mass is 16.5. The summed E-state index contributed by atoms with van der Waals surface area (Å²) in [5.41, 5.74) is 1.49. The van der Waals surface area contributed by atoms with Crippen molar-refractivity contribution >= 4 is 0 Å². The second kappa shape index (κ2) is 4.74. The average Bonchev–Trinajstić information content (AvgIpc) is 2.39. The van der Waals surface area contributed by atoms with Gasteiger partial charge < -0.3 is 14.6 Å². The molecule has 0 atom stereocenters. The van der Waals surface area contributed by atoms with Crippen molar-refractivity contribution in [3.63, 3.8) is 0 Å². The maximum atomic E-state index is 9.98. The number of hydrogen-bond donors (Lipinski definition) is 1. The van der Waals surface area contributed by atoms with Crippen molar-refractivity contribution < 1.29 is 14.6 Å². The largest absolute Gasteiger partial charge is 0.504 e. The van der Waals surface area contributed by atoms with Crippen LogP contribution >= 0.6 is 0 Å². The minimum atomic E-state index is 0.113. The zero-order valence-electron chi connectivity index (χ0n) is 9.68. The van der Waals surface area contributed by atoms with E-state index in [-0.39, 0.29) is 5.75 Å². The fourth-order valence-electron chi connectivity index (χ4n) is 1.58. The lowest BCUT2D eigenvalue weighted by Crippen LogP contribution is -1.89. The van der Waals surface area contributed by atoms with Crippen molar-refractivity contribution in [1.29, 1.82) is 0 Å². The van der Waals surface area contributed by atoms with Gasteiger partial charge in [-0.05, 0) is 12.1 Å². The first kappa shape index (κ1) is 11.3. The van der Waals surface area contributed by atoms with Gasteiger partial charge in [-0.25, -0.2) is 4.98 Å². The highest BCUT2D eigenvalue weighted by Gasteiger charge is 2.09. The van der Waals surface area contributed by atoms with Crippen molar-refractivity contribution in [2.45, 2.75) is 0 Å². The number of aromatic nitrogens is 1. The molecule has 17 heavy (non-hydrogen) atoms. The van der Waals surface area contributed by atoms with Crippen molar-refractivity contribution in [3.05, 3.63) is 36.5 Å². The molecule has 0 radical (unpaired) electrons. The van der Waals surface area contributed by atoms with E-state index >= 15 is 0 Å². The fourth-order valence-corrected chi connectivity index (χ4v) is 1.58. The van der Waals surface area contributed by atoms with Gasteiger partial charge in [0.25, 0.3) is 0 Å². The van der Waals surface area contributed by atoms with Crippen LogP contribution in [0.25, 0.3) is 11.1 Å². The number of phenols is 1. The zero-order chi connectivity index (χ0) is 12.3. The van der Waals surface area contributed by atoms with Gasteiger partial charge in [-0.2, -0.15) is 0 Å². The lowest BCUT2D eigenvalue weighted by atomic mass is 10.1. The molecular formula is C13H13NO3. The molecule has 2 aromatic rings. The Morgan fingerprint density at radius 1 is 1.06 bits per heavy atom. The van der Waals surface area contributed by atoms with Crippen LogP contribution in [-0.4, -0.2) is 24.3 Å². The monoisotopic (exact) mass is 231 g/mol. The number of aromatic hydroxyl groups is 1. The Hall–Kier alpha value is -2.23. The molecular weight excluding hydrogens is 218 g/mol. The molecule has 0 amide bonds. The van der Waals surface area contributed by atoms with E-state index in [0.29, 0.717) is 17.2 Å². The first-order chi connectivity index (χ1) is 8.26. The molecule has 1 heterocycles. The maximum absolute atomic E-state index is 9.98. The molecule has 1 aromatic heterocycles. The van der Waals surface area contributed by atoms with Crippen LogP contribution in [0, 0.1) is 0 Å². The number of phenolic OH excluding ortho intramolecular Hbond substituents is 1. The van der Waals surface area contributed by atoms with Crippen LogP contribution in [0.3, 0.4) is 0 Å². The van der Waals surface area contributed by atoms with Gasteiger partial charge in [0.2, 0.25) is 5.88 Å². The van der Waals surface area contributed by atoms with E-state index in [1.165, 1.54) is 7.11 Å². The molecule has 0 saturated heterocycles. The van der Waals surface area contributed by atoms with Crippen LogP contribution in [0.1, 0.15) is 0 Å². The van der Waals surface area contributed by atoms with Crippen molar-refractivity contribution in [3.8, 4) is 28.5 Å². The zero-order valence-corrected chi connectivity index (χ0v) is 9.68. The lowest BCUT2D eigenvalue weighted by Gasteiger charge is -2.08. The summed E-state index contributed by atoms with van der Waals surface area (Å²) in [6.07, 6.45) is 1.65. The summed E-state index contributed by atoms with van der Waals surface area (Å²) in [7, 11) is 3.08. The quantitative estimate of drug-likeness (QED) is 0.881. The third-order valence-corrected chi connectivity index (χ3v) is 2.48. The minimum Gasteiger partial charge on any atom is -0.504 e. The predicted octanol–water partition coefficient (Wildman–Crippen LogP) is 2.47. The van der Waals surface area contributed by atoms with Gasteiger partial charge in [-0.3, -0.25) is 0 Å². The Bertz CT molecular complexity index is 509. The molecule has 1 N–H and O–H groups in total. The molecule has 4 heteroatoms. The molecule has 0 saturated carbocycles. The number of ether oxygens (including phenoxy) is 2. The third kappa shape index (κ3) is 2.15. The van der Waals surface area contributed by atoms with Crippen LogP contribution in [0.5, 0.6) is 17.4 Å². The van der Waals surface area contributed by atoms with Crippen LogP contribution in [0.2, 0.25) is 0 Å². The van der Waals surface area contributed by atoms with Gasteiger partial charge in [0.05, 0.1) is 14.2 Å². The van der Waals surface area contributed by atoms with Crippen molar-refractivity contribution in [2.24, 2.45) is 0 Å². The van der Waals surface area contributed by atoms with E-state index in [4.69, 9.17) is 9.47 Å². The highest BCUT2D eigenvalue weighted by molar-refractivity contribution is 5.72. The third-order valence-electron chi connectivity index (χ3n) is 2.48. The summed E-state index contributed by atoms with van der Waals surface area (Å²) in [6.45, 7) is 0. The molecule has 4 nitrogen and oxygen atoms in total. The Labute approximate surface area is 99.5 Å². The van der Waals surface area contributed by atoms with E-state index in [9.17, 15) is 5.11 Å². The van der Waals surface area contributed by atoms with E-state index in [1.54, 1.807) is 31.5 Å². The van der Waals surface area contributed by atoms with Crippen LogP contribution < -0.4 is 9.47 Å². The second-order valence-electron chi connectivity index (χ2n) is 3.45. The van der Waals surface area contributed by atoms with Gasteiger partial charge >= 0.3 is 0 Å². The summed E-state index contributed by atoms with van der Waals surface area (Å²) in [4.78, 5) is 4.10. The Morgan fingerprint density at radius 3 is 2.47 bits per heavy atom. The van der Waals surface area contributed by atoms with E-state index in [0.717, 1.165) is 5.56 Å². The molecule has 0 aliphatic rings. The molecule has 88 valence electrons. The molecule has 2 rings (SSSR count). The normalized spacial score (nSPS) is 10.0. The fraction of sp³-hybridized carbons (Fsp3) is 0.154. The van der Waals surface area contributed by atoms with Gasteiger partial charge in [-0.15, -0.1) is 0 Å². The summed E-state index contributed by atoms with van der Waals surface area (Å²) < 4.78 is 10.0. The molecule has 0 aliphatic carbocycles. The van der Waals surface area contributed by atoms with Crippen LogP contribution in [-0.2, 0) is 0 Å². The smallest absolute Gasteiger partial charge is 0.212 e. The molecule has 0 spiro atoms. The summed E-state index contributed by atoms with van der Waals surface area (Å²) in [5.74, 6) is 1.09. The van der Waals surface area contributed by atoms with Gasteiger partial charge in [-0.1, -0.05) is 12.1 Å². The van der Waals surface area contributed by atoms with E-state index < -0.39 is 0 Å². The number of para-hydroxylation sites is 1. The maximum Gasteiger partial charge on any atom is 0.212 e. The number of benzene rings is 1. The van der Waals surface area contributed by atoms with Crippen molar-refractivity contribution in [2.75, 3.05) is 14.2 Å². The van der Waals surface area contributed by atoms with E-state index in [2.05, 4.69) is 4.98 Å².